The number of anilines is 1. The molecule has 0 radical (unpaired) electrons. The number of thioether (sulfide) groups is 1. The van der Waals surface area contributed by atoms with E-state index in [9.17, 15) is 4.79 Å². The lowest BCUT2D eigenvalue weighted by Crippen LogP contribution is -2.06. The highest BCUT2D eigenvalue weighted by molar-refractivity contribution is 7.98. The molecule has 0 aliphatic heterocycles. The maximum atomic E-state index is 11.1. The zero-order valence-corrected chi connectivity index (χ0v) is 11.7. The summed E-state index contributed by atoms with van der Waals surface area (Å²) in [4.78, 5) is 20.5. The van der Waals surface area contributed by atoms with Crippen LogP contribution in [0.5, 0.6) is 0 Å². The molecule has 0 unspecified atom stereocenters. The Morgan fingerprint density at radius 3 is 3.00 bits per heavy atom. The second kappa shape index (κ2) is 5.53. The minimum absolute atomic E-state index is 0.332. The topological polar surface area (TPSA) is 75.1 Å². The predicted octanol–water partition coefficient (Wildman–Crippen LogP) is 2.47. The third-order valence-corrected chi connectivity index (χ3v) is 4.32. The number of aromatic nitrogens is 2. The first-order valence-electron chi connectivity index (χ1n) is 5.35. The first kappa shape index (κ1) is 13.1. The number of aryl methyl sites for hydroxylation is 1. The summed E-state index contributed by atoms with van der Waals surface area (Å²) in [5, 5.41) is 13.2. The Bertz CT molecular complexity index is 583. The normalized spacial score (nSPS) is 10.8. The fourth-order valence-corrected chi connectivity index (χ4v) is 2.97. The summed E-state index contributed by atoms with van der Waals surface area (Å²) < 4.78 is 0. The van der Waals surface area contributed by atoms with Crippen LogP contribution < -0.4 is 5.32 Å². The van der Waals surface area contributed by atoms with Gasteiger partial charge in [0.2, 0.25) is 0 Å². The Labute approximate surface area is 113 Å². The third-order valence-electron chi connectivity index (χ3n) is 2.52. The van der Waals surface area contributed by atoms with Crippen LogP contribution >= 0.6 is 23.1 Å². The summed E-state index contributed by atoms with van der Waals surface area (Å²) in [5.74, 6) is 0.779. The number of carbonyl (C=O) groups is 1. The van der Waals surface area contributed by atoms with Crippen LogP contribution in [0.3, 0.4) is 0 Å². The van der Waals surface area contributed by atoms with E-state index in [-0.39, 0.29) is 0 Å². The van der Waals surface area contributed by atoms with Crippen molar-refractivity contribution in [2.24, 2.45) is 0 Å². The third kappa shape index (κ3) is 2.41. The van der Waals surface area contributed by atoms with Crippen molar-refractivity contribution >= 4 is 45.1 Å². The molecule has 2 aromatic rings. The van der Waals surface area contributed by atoms with Crippen LogP contribution in [0.2, 0.25) is 0 Å². The van der Waals surface area contributed by atoms with Gasteiger partial charge in [0.05, 0.1) is 5.39 Å². The number of fused-ring (bicyclic) bond motifs is 1. The second-order valence-electron chi connectivity index (χ2n) is 3.68. The monoisotopic (exact) mass is 283 g/mol. The van der Waals surface area contributed by atoms with Crippen LogP contribution in [0.15, 0.2) is 6.33 Å². The Morgan fingerprint density at radius 2 is 2.33 bits per heavy atom. The van der Waals surface area contributed by atoms with E-state index in [0.717, 1.165) is 29.1 Å². The quantitative estimate of drug-likeness (QED) is 0.821. The van der Waals surface area contributed by atoms with E-state index in [0.29, 0.717) is 9.71 Å². The van der Waals surface area contributed by atoms with E-state index in [1.807, 2.05) is 6.26 Å². The van der Waals surface area contributed by atoms with Crippen LogP contribution in [0.25, 0.3) is 10.2 Å². The molecule has 0 atom stereocenters. The van der Waals surface area contributed by atoms with E-state index in [1.165, 1.54) is 17.7 Å². The van der Waals surface area contributed by atoms with Gasteiger partial charge < -0.3 is 10.4 Å². The van der Waals surface area contributed by atoms with Crippen molar-refractivity contribution in [3.05, 3.63) is 16.8 Å². The SMILES string of the molecule is CSCCNc1ncnc2sc(C(=O)O)c(C)c12. The average molecular weight is 283 g/mol. The molecule has 0 bridgehead atoms. The van der Waals surface area contributed by atoms with Crippen molar-refractivity contribution in [1.82, 2.24) is 9.97 Å². The van der Waals surface area contributed by atoms with Crippen molar-refractivity contribution in [3.63, 3.8) is 0 Å². The maximum Gasteiger partial charge on any atom is 0.346 e. The number of carboxylic acid groups (broad SMARTS) is 1. The molecule has 0 saturated carbocycles. The molecule has 7 heteroatoms. The van der Waals surface area contributed by atoms with Gasteiger partial charge in [-0.15, -0.1) is 11.3 Å². The van der Waals surface area contributed by atoms with Gasteiger partial charge in [-0.25, -0.2) is 14.8 Å². The molecule has 0 aromatic carbocycles. The number of carboxylic acids is 1. The van der Waals surface area contributed by atoms with Crippen molar-refractivity contribution in [2.45, 2.75) is 6.92 Å². The maximum absolute atomic E-state index is 11.1. The molecule has 2 aromatic heterocycles. The van der Waals surface area contributed by atoms with Crippen molar-refractivity contribution in [3.8, 4) is 0 Å². The molecule has 18 heavy (non-hydrogen) atoms. The molecule has 0 aliphatic carbocycles. The van der Waals surface area contributed by atoms with Crippen molar-refractivity contribution in [2.75, 3.05) is 23.9 Å². The van der Waals surface area contributed by atoms with Crippen LogP contribution in [0.1, 0.15) is 15.2 Å². The summed E-state index contributed by atoms with van der Waals surface area (Å²) in [6.07, 6.45) is 3.50. The molecular formula is C11H13N3O2S2. The Morgan fingerprint density at radius 1 is 1.56 bits per heavy atom. The molecule has 2 N–H and O–H groups in total. The Balaban J connectivity index is 2.44. The van der Waals surface area contributed by atoms with Gasteiger partial charge in [0, 0.05) is 12.3 Å². The minimum atomic E-state index is -0.912. The molecule has 0 saturated heterocycles. The van der Waals surface area contributed by atoms with Crippen LogP contribution in [-0.2, 0) is 0 Å². The first-order chi connectivity index (χ1) is 8.65. The van der Waals surface area contributed by atoms with Gasteiger partial charge in [0.15, 0.2) is 0 Å². The van der Waals surface area contributed by atoms with Gasteiger partial charge >= 0.3 is 5.97 Å². The van der Waals surface area contributed by atoms with E-state index < -0.39 is 5.97 Å². The van der Waals surface area contributed by atoms with Crippen LogP contribution in [0.4, 0.5) is 5.82 Å². The molecule has 2 heterocycles. The summed E-state index contributed by atoms with van der Waals surface area (Å²) in [5.41, 5.74) is 0.731. The molecule has 0 amide bonds. The van der Waals surface area contributed by atoms with Crippen molar-refractivity contribution < 1.29 is 9.90 Å². The number of nitrogens with one attached hydrogen (secondary N) is 1. The van der Waals surface area contributed by atoms with E-state index >= 15 is 0 Å². The number of aromatic carboxylic acids is 1. The average Bonchev–Trinajstić information content (AvgIpc) is 2.68. The predicted molar refractivity (Wildman–Crippen MR) is 76.0 cm³/mol. The molecule has 0 spiro atoms. The zero-order valence-electron chi connectivity index (χ0n) is 10.1. The van der Waals surface area contributed by atoms with Gasteiger partial charge in [0.1, 0.15) is 21.9 Å². The second-order valence-corrected chi connectivity index (χ2v) is 5.67. The molecule has 5 nitrogen and oxygen atoms in total. The van der Waals surface area contributed by atoms with Gasteiger partial charge in [-0.05, 0) is 18.7 Å². The molecule has 2 rings (SSSR count). The largest absolute Gasteiger partial charge is 0.477 e. The van der Waals surface area contributed by atoms with Crippen LogP contribution in [0, 0.1) is 6.92 Å². The molecule has 0 fully saturated rings. The van der Waals surface area contributed by atoms with Gasteiger partial charge in [-0.3, -0.25) is 0 Å². The number of thiophene rings is 1. The zero-order chi connectivity index (χ0) is 13.1. The fourth-order valence-electron chi connectivity index (χ4n) is 1.68. The Kier molecular flexibility index (Phi) is 4.03. The number of rotatable bonds is 5. The van der Waals surface area contributed by atoms with Gasteiger partial charge in [0.25, 0.3) is 0 Å². The minimum Gasteiger partial charge on any atom is -0.477 e. The molecular weight excluding hydrogens is 270 g/mol. The van der Waals surface area contributed by atoms with E-state index in [2.05, 4.69) is 15.3 Å². The van der Waals surface area contributed by atoms with Gasteiger partial charge in [-0.2, -0.15) is 11.8 Å². The highest BCUT2D eigenvalue weighted by Crippen LogP contribution is 2.32. The summed E-state index contributed by atoms with van der Waals surface area (Å²) in [6.45, 7) is 2.59. The summed E-state index contributed by atoms with van der Waals surface area (Å²) in [7, 11) is 0. The molecule has 0 aliphatic rings. The lowest BCUT2D eigenvalue weighted by Gasteiger charge is -2.05. The highest BCUT2D eigenvalue weighted by Gasteiger charge is 2.18. The first-order valence-corrected chi connectivity index (χ1v) is 7.56. The summed E-state index contributed by atoms with van der Waals surface area (Å²) >= 11 is 2.93. The fraction of sp³-hybridized carbons (Fsp3) is 0.364. The van der Waals surface area contributed by atoms with Gasteiger partial charge in [-0.1, -0.05) is 0 Å². The number of nitrogens with zero attached hydrogens (tertiary/aromatic N) is 2. The van der Waals surface area contributed by atoms with Crippen LogP contribution in [-0.4, -0.2) is 39.6 Å². The smallest absolute Gasteiger partial charge is 0.346 e. The summed E-state index contributed by atoms with van der Waals surface area (Å²) in [6, 6.07) is 0. The number of hydrogen-bond donors (Lipinski definition) is 2. The van der Waals surface area contributed by atoms with E-state index in [1.54, 1.807) is 18.7 Å². The lowest BCUT2D eigenvalue weighted by molar-refractivity contribution is 0.0701. The highest BCUT2D eigenvalue weighted by atomic mass is 32.2. The standard InChI is InChI=1S/C11H13N3O2S2/c1-6-7-9(12-3-4-17-2)13-5-14-10(7)18-8(6)11(15)16/h5H,3-4H2,1-2H3,(H,15,16)(H,12,13,14). The van der Waals surface area contributed by atoms with E-state index in [4.69, 9.17) is 5.11 Å². The number of hydrogen-bond acceptors (Lipinski definition) is 6. The van der Waals surface area contributed by atoms with Crippen molar-refractivity contribution in [1.29, 1.82) is 0 Å². The molecule has 96 valence electrons. The Hall–Kier alpha value is -1.34. The lowest BCUT2D eigenvalue weighted by atomic mass is 10.2.